The predicted octanol–water partition coefficient (Wildman–Crippen LogP) is 2.09. The zero-order chi connectivity index (χ0) is 20.3. The first-order valence-corrected chi connectivity index (χ1v) is 11.3. The van der Waals surface area contributed by atoms with Crippen LogP contribution in [-0.4, -0.2) is 55.4 Å². The highest BCUT2D eigenvalue weighted by Gasteiger charge is 2.55. The summed E-state index contributed by atoms with van der Waals surface area (Å²) in [5.74, 6) is 2.03. The SMILES string of the molecule is O=C(NC1[C@@H]2CC3C[C@H]1CC(O)(C3)C2)c1cnn(C2CCOCC2)c1-n1cccn1. The highest BCUT2D eigenvalue weighted by molar-refractivity contribution is 5.97. The number of hydrogen-bond donors (Lipinski definition) is 2. The number of nitrogens with one attached hydrogen (secondary N) is 1. The molecular formula is C22H29N5O3. The Bertz CT molecular complexity index is 917. The first-order chi connectivity index (χ1) is 14.6. The van der Waals surface area contributed by atoms with E-state index < -0.39 is 5.60 Å². The summed E-state index contributed by atoms with van der Waals surface area (Å²) in [5.41, 5.74) is 0.0732. The lowest BCUT2D eigenvalue weighted by Crippen LogP contribution is -2.61. The number of aliphatic hydroxyl groups is 1. The quantitative estimate of drug-likeness (QED) is 0.804. The minimum absolute atomic E-state index is 0.0803. The van der Waals surface area contributed by atoms with Gasteiger partial charge in [0, 0.05) is 31.6 Å². The van der Waals surface area contributed by atoms with Crippen LogP contribution >= 0.6 is 0 Å². The molecule has 4 bridgehead atoms. The van der Waals surface area contributed by atoms with Crippen LogP contribution in [0.15, 0.2) is 24.7 Å². The summed E-state index contributed by atoms with van der Waals surface area (Å²) in [6, 6.07) is 2.21. The van der Waals surface area contributed by atoms with Crippen LogP contribution in [0.5, 0.6) is 0 Å². The second kappa shape index (κ2) is 6.92. The van der Waals surface area contributed by atoms with Gasteiger partial charge in [-0.25, -0.2) is 9.36 Å². The second-order valence-electron chi connectivity index (χ2n) is 9.81. The van der Waals surface area contributed by atoms with Crippen molar-refractivity contribution in [3.63, 3.8) is 0 Å². The fourth-order valence-corrected chi connectivity index (χ4v) is 6.78. The van der Waals surface area contributed by atoms with Crippen molar-refractivity contribution < 1.29 is 14.6 Å². The molecule has 5 atom stereocenters. The molecule has 1 aliphatic heterocycles. The van der Waals surface area contributed by atoms with Gasteiger partial charge < -0.3 is 15.2 Å². The standard InChI is InChI=1S/C22H29N5O3/c28-20(25-19-15-8-14-9-16(19)12-22(29,10-14)11-15)18-13-24-27(17-2-6-30-7-3-17)21(18)26-5-1-4-23-26/h1,4-5,13-17,19,29H,2-3,6-12H2,(H,25,28)/t14?,15-,16+,19?,22?. The molecule has 2 aromatic rings. The van der Waals surface area contributed by atoms with Gasteiger partial charge in [-0.2, -0.15) is 10.2 Å². The minimum atomic E-state index is -0.494. The van der Waals surface area contributed by atoms with E-state index in [0.29, 0.717) is 36.5 Å². The van der Waals surface area contributed by atoms with Gasteiger partial charge in [-0.1, -0.05) is 0 Å². The Hall–Kier alpha value is -2.19. The van der Waals surface area contributed by atoms with E-state index in [2.05, 4.69) is 15.5 Å². The topological polar surface area (TPSA) is 94.2 Å². The number of amides is 1. The highest BCUT2D eigenvalue weighted by Crippen LogP contribution is 2.55. The Labute approximate surface area is 175 Å². The molecular weight excluding hydrogens is 382 g/mol. The van der Waals surface area contributed by atoms with Gasteiger partial charge in [0.1, 0.15) is 5.56 Å². The summed E-state index contributed by atoms with van der Waals surface area (Å²) in [5, 5.41) is 23.2. The highest BCUT2D eigenvalue weighted by atomic mass is 16.5. The molecule has 4 aliphatic carbocycles. The van der Waals surface area contributed by atoms with Crippen LogP contribution in [-0.2, 0) is 4.74 Å². The number of aromatic nitrogens is 4. The average Bonchev–Trinajstić information content (AvgIpc) is 3.39. The van der Waals surface area contributed by atoms with E-state index in [1.54, 1.807) is 17.1 Å². The van der Waals surface area contributed by atoms with Crippen LogP contribution in [0.3, 0.4) is 0 Å². The lowest BCUT2D eigenvalue weighted by Gasteiger charge is -2.58. The van der Waals surface area contributed by atoms with E-state index in [9.17, 15) is 9.90 Å². The van der Waals surface area contributed by atoms with Crippen LogP contribution in [0.25, 0.3) is 5.82 Å². The van der Waals surface area contributed by atoms with E-state index in [0.717, 1.165) is 50.8 Å². The maximum Gasteiger partial charge on any atom is 0.256 e. The summed E-state index contributed by atoms with van der Waals surface area (Å²) < 4.78 is 9.20. The first kappa shape index (κ1) is 18.6. The van der Waals surface area contributed by atoms with Crippen molar-refractivity contribution in [1.82, 2.24) is 24.9 Å². The molecule has 3 heterocycles. The second-order valence-corrected chi connectivity index (χ2v) is 9.81. The molecule has 8 nitrogen and oxygen atoms in total. The summed E-state index contributed by atoms with van der Waals surface area (Å²) in [6.07, 6.45) is 11.9. The molecule has 2 N–H and O–H groups in total. The molecule has 2 aromatic heterocycles. The maximum atomic E-state index is 13.4. The van der Waals surface area contributed by atoms with E-state index in [-0.39, 0.29) is 18.0 Å². The van der Waals surface area contributed by atoms with E-state index in [1.807, 2.05) is 16.9 Å². The first-order valence-electron chi connectivity index (χ1n) is 11.3. The molecule has 1 amide bonds. The van der Waals surface area contributed by atoms with Gasteiger partial charge in [-0.05, 0) is 68.8 Å². The van der Waals surface area contributed by atoms with Crippen LogP contribution in [0.1, 0.15) is 61.3 Å². The fourth-order valence-electron chi connectivity index (χ4n) is 6.78. The lowest BCUT2D eigenvalue weighted by atomic mass is 9.52. The molecule has 0 radical (unpaired) electrons. The molecule has 5 aliphatic rings. The van der Waals surface area contributed by atoms with Crippen molar-refractivity contribution in [3.05, 3.63) is 30.2 Å². The molecule has 30 heavy (non-hydrogen) atoms. The van der Waals surface area contributed by atoms with Gasteiger partial charge in [-0.3, -0.25) is 4.79 Å². The molecule has 0 aromatic carbocycles. The third-order valence-electron chi connectivity index (χ3n) is 7.81. The van der Waals surface area contributed by atoms with Crippen molar-refractivity contribution >= 4 is 5.91 Å². The molecule has 1 saturated heterocycles. The zero-order valence-corrected chi connectivity index (χ0v) is 17.1. The predicted molar refractivity (Wildman–Crippen MR) is 108 cm³/mol. The van der Waals surface area contributed by atoms with Crippen molar-refractivity contribution in [1.29, 1.82) is 0 Å². The van der Waals surface area contributed by atoms with Crippen molar-refractivity contribution in [2.24, 2.45) is 17.8 Å². The van der Waals surface area contributed by atoms with Crippen LogP contribution < -0.4 is 5.32 Å². The molecule has 8 heteroatoms. The molecule has 3 unspecified atom stereocenters. The summed E-state index contributed by atoms with van der Waals surface area (Å²) >= 11 is 0. The Balaban J connectivity index is 1.29. The molecule has 0 spiro atoms. The molecule has 4 saturated carbocycles. The van der Waals surface area contributed by atoms with Crippen LogP contribution in [0.2, 0.25) is 0 Å². The van der Waals surface area contributed by atoms with Gasteiger partial charge in [0.25, 0.3) is 5.91 Å². The summed E-state index contributed by atoms with van der Waals surface area (Å²) in [7, 11) is 0. The van der Waals surface area contributed by atoms with E-state index in [1.165, 1.54) is 0 Å². The number of hydrogen-bond acceptors (Lipinski definition) is 5. The van der Waals surface area contributed by atoms with Gasteiger partial charge in [-0.15, -0.1) is 0 Å². The zero-order valence-electron chi connectivity index (χ0n) is 17.1. The Morgan fingerprint density at radius 1 is 1.17 bits per heavy atom. The number of ether oxygens (including phenoxy) is 1. The third kappa shape index (κ3) is 3.00. The Morgan fingerprint density at radius 2 is 1.93 bits per heavy atom. The monoisotopic (exact) mass is 411 g/mol. The summed E-state index contributed by atoms with van der Waals surface area (Å²) in [4.78, 5) is 13.4. The van der Waals surface area contributed by atoms with Crippen molar-refractivity contribution in [3.8, 4) is 5.82 Å². The minimum Gasteiger partial charge on any atom is -0.390 e. The number of rotatable bonds is 4. The van der Waals surface area contributed by atoms with Gasteiger partial charge in [0.15, 0.2) is 5.82 Å². The lowest BCUT2D eigenvalue weighted by molar-refractivity contribution is -0.136. The molecule has 160 valence electrons. The Morgan fingerprint density at radius 3 is 2.60 bits per heavy atom. The normalized spacial score (nSPS) is 35.6. The van der Waals surface area contributed by atoms with Crippen molar-refractivity contribution in [2.75, 3.05) is 13.2 Å². The smallest absolute Gasteiger partial charge is 0.256 e. The van der Waals surface area contributed by atoms with Gasteiger partial charge in [0.2, 0.25) is 0 Å². The average molecular weight is 412 g/mol. The largest absolute Gasteiger partial charge is 0.390 e. The summed E-state index contributed by atoms with van der Waals surface area (Å²) in [6.45, 7) is 1.42. The van der Waals surface area contributed by atoms with E-state index >= 15 is 0 Å². The van der Waals surface area contributed by atoms with Crippen molar-refractivity contribution in [2.45, 2.75) is 62.6 Å². The van der Waals surface area contributed by atoms with Gasteiger partial charge in [0.05, 0.1) is 17.8 Å². The number of carbonyl (C=O) groups excluding carboxylic acids is 1. The third-order valence-corrected chi connectivity index (χ3v) is 7.81. The number of nitrogens with zero attached hydrogens (tertiary/aromatic N) is 4. The van der Waals surface area contributed by atoms with Crippen LogP contribution in [0.4, 0.5) is 0 Å². The fraction of sp³-hybridized carbons (Fsp3) is 0.682. The maximum absolute atomic E-state index is 13.4. The van der Waals surface area contributed by atoms with Crippen LogP contribution in [0, 0.1) is 17.8 Å². The van der Waals surface area contributed by atoms with Gasteiger partial charge >= 0.3 is 0 Å². The number of carbonyl (C=O) groups is 1. The molecule has 7 rings (SSSR count). The molecule has 5 fully saturated rings. The Kier molecular flexibility index (Phi) is 4.28. The van der Waals surface area contributed by atoms with E-state index in [4.69, 9.17) is 4.74 Å².